The summed E-state index contributed by atoms with van der Waals surface area (Å²) in [6.07, 6.45) is 3.33. The lowest BCUT2D eigenvalue weighted by atomic mass is 10.1. The SMILES string of the molecule is O=C(NCc1cn(-c2ccc(-n3ccccc3=O)cc2CO)nn1)c1ccc(Cl)s1. The fourth-order valence-corrected chi connectivity index (χ4v) is 3.86. The largest absolute Gasteiger partial charge is 0.392 e. The van der Waals surface area contributed by atoms with Crippen LogP contribution in [0.4, 0.5) is 0 Å². The summed E-state index contributed by atoms with van der Waals surface area (Å²) in [7, 11) is 0. The van der Waals surface area contributed by atoms with Gasteiger partial charge in [0.1, 0.15) is 5.69 Å². The van der Waals surface area contributed by atoms with Crippen molar-refractivity contribution >= 4 is 28.8 Å². The van der Waals surface area contributed by atoms with Gasteiger partial charge < -0.3 is 10.4 Å². The van der Waals surface area contributed by atoms with Crippen LogP contribution >= 0.6 is 22.9 Å². The Bertz CT molecular complexity index is 1260. The van der Waals surface area contributed by atoms with Gasteiger partial charge in [0.15, 0.2) is 0 Å². The summed E-state index contributed by atoms with van der Waals surface area (Å²) in [6.45, 7) is -0.0455. The van der Waals surface area contributed by atoms with Crippen molar-refractivity contribution < 1.29 is 9.90 Å². The van der Waals surface area contributed by atoms with E-state index in [1.54, 1.807) is 54.9 Å². The summed E-state index contributed by atoms with van der Waals surface area (Å²) in [5.74, 6) is -0.241. The van der Waals surface area contributed by atoms with Crippen LogP contribution in [0.1, 0.15) is 20.9 Å². The number of benzene rings is 1. The Labute approximate surface area is 180 Å². The first kappa shape index (κ1) is 20.0. The van der Waals surface area contributed by atoms with Gasteiger partial charge in [-0.05, 0) is 36.4 Å². The first-order chi connectivity index (χ1) is 14.5. The average Bonchev–Trinajstić information content (AvgIpc) is 3.41. The molecule has 1 amide bonds. The molecule has 30 heavy (non-hydrogen) atoms. The third kappa shape index (κ3) is 4.18. The van der Waals surface area contributed by atoms with Crippen LogP contribution in [0.2, 0.25) is 4.34 Å². The lowest BCUT2D eigenvalue weighted by molar-refractivity contribution is 0.0954. The molecule has 0 unspecified atom stereocenters. The van der Waals surface area contributed by atoms with Crippen molar-refractivity contribution in [1.29, 1.82) is 0 Å². The number of rotatable bonds is 6. The van der Waals surface area contributed by atoms with Crippen LogP contribution in [-0.2, 0) is 13.2 Å². The zero-order valence-corrected chi connectivity index (χ0v) is 17.1. The predicted molar refractivity (Wildman–Crippen MR) is 113 cm³/mol. The second-order valence-electron chi connectivity index (χ2n) is 6.32. The molecular weight excluding hydrogens is 426 g/mol. The van der Waals surface area contributed by atoms with Gasteiger partial charge in [-0.25, -0.2) is 4.68 Å². The van der Waals surface area contributed by atoms with E-state index in [0.29, 0.717) is 31.8 Å². The molecule has 4 aromatic rings. The lowest BCUT2D eigenvalue weighted by Crippen LogP contribution is -2.21. The van der Waals surface area contributed by atoms with E-state index in [9.17, 15) is 14.7 Å². The Morgan fingerprint density at radius 1 is 1.20 bits per heavy atom. The number of thiophene rings is 1. The maximum absolute atomic E-state index is 12.1. The lowest BCUT2D eigenvalue weighted by Gasteiger charge is -2.11. The number of pyridine rings is 1. The number of carbonyl (C=O) groups is 1. The topological polar surface area (TPSA) is 102 Å². The van der Waals surface area contributed by atoms with Crippen molar-refractivity contribution in [2.24, 2.45) is 0 Å². The highest BCUT2D eigenvalue weighted by Gasteiger charge is 2.12. The van der Waals surface area contributed by atoms with Gasteiger partial charge in [0.25, 0.3) is 11.5 Å². The molecule has 10 heteroatoms. The van der Waals surface area contributed by atoms with E-state index >= 15 is 0 Å². The van der Waals surface area contributed by atoms with E-state index in [-0.39, 0.29) is 24.6 Å². The number of nitrogens with zero attached hydrogens (tertiary/aromatic N) is 4. The number of hydrogen-bond acceptors (Lipinski definition) is 6. The molecule has 0 spiro atoms. The molecule has 0 aliphatic rings. The van der Waals surface area contributed by atoms with Crippen molar-refractivity contribution in [3.8, 4) is 11.4 Å². The van der Waals surface area contributed by atoms with E-state index in [1.807, 2.05) is 0 Å². The molecule has 0 fully saturated rings. The van der Waals surface area contributed by atoms with Gasteiger partial charge >= 0.3 is 0 Å². The number of aliphatic hydroxyl groups excluding tert-OH is 1. The molecular formula is C20H16ClN5O3S. The monoisotopic (exact) mass is 441 g/mol. The number of carbonyl (C=O) groups excluding carboxylic acids is 1. The minimum Gasteiger partial charge on any atom is -0.392 e. The Balaban J connectivity index is 1.53. The van der Waals surface area contributed by atoms with Crippen LogP contribution in [0.15, 0.2) is 65.7 Å². The minimum absolute atomic E-state index is 0.167. The summed E-state index contributed by atoms with van der Waals surface area (Å²) in [6, 6.07) is 13.5. The molecule has 0 aliphatic heterocycles. The van der Waals surface area contributed by atoms with E-state index in [0.717, 1.165) is 0 Å². The van der Waals surface area contributed by atoms with Gasteiger partial charge in [-0.1, -0.05) is 22.9 Å². The molecule has 4 rings (SSSR count). The van der Waals surface area contributed by atoms with Gasteiger partial charge in [-0.2, -0.15) is 0 Å². The van der Waals surface area contributed by atoms with E-state index < -0.39 is 0 Å². The Morgan fingerprint density at radius 3 is 2.80 bits per heavy atom. The molecule has 0 saturated carbocycles. The van der Waals surface area contributed by atoms with Crippen molar-refractivity contribution in [2.45, 2.75) is 13.2 Å². The van der Waals surface area contributed by atoms with Gasteiger partial charge in [0.05, 0.1) is 34.2 Å². The van der Waals surface area contributed by atoms with E-state index in [4.69, 9.17) is 11.6 Å². The minimum atomic E-state index is -0.241. The maximum Gasteiger partial charge on any atom is 0.261 e. The number of halogens is 1. The fourth-order valence-electron chi connectivity index (χ4n) is 2.90. The molecule has 0 radical (unpaired) electrons. The van der Waals surface area contributed by atoms with Crippen LogP contribution in [0, 0.1) is 0 Å². The first-order valence-corrected chi connectivity index (χ1v) is 10.1. The van der Waals surface area contributed by atoms with Gasteiger partial charge in [-0.15, -0.1) is 16.4 Å². The highest BCUT2D eigenvalue weighted by Crippen LogP contribution is 2.21. The standard InChI is InChI=1S/C20H16ClN5O3S/c21-18-7-6-17(30-18)20(29)22-10-14-11-26(24-23-14)16-5-4-15(9-13(16)12-27)25-8-2-1-3-19(25)28/h1-9,11,27H,10,12H2,(H,22,29). The van der Waals surface area contributed by atoms with Crippen molar-refractivity contribution in [2.75, 3.05) is 0 Å². The number of amides is 1. The highest BCUT2D eigenvalue weighted by molar-refractivity contribution is 7.17. The Hall–Kier alpha value is -3.27. The number of aliphatic hydroxyl groups is 1. The quantitative estimate of drug-likeness (QED) is 0.478. The van der Waals surface area contributed by atoms with Crippen LogP contribution in [0.25, 0.3) is 11.4 Å². The summed E-state index contributed by atoms with van der Waals surface area (Å²) < 4.78 is 3.55. The normalized spacial score (nSPS) is 10.9. The molecule has 2 N–H and O–H groups in total. The zero-order chi connectivity index (χ0) is 21.1. The zero-order valence-electron chi connectivity index (χ0n) is 15.5. The van der Waals surface area contributed by atoms with Crippen molar-refractivity contribution in [1.82, 2.24) is 24.9 Å². The molecule has 3 aromatic heterocycles. The Kier molecular flexibility index (Phi) is 5.75. The summed E-state index contributed by atoms with van der Waals surface area (Å²) in [5, 5.41) is 20.7. The third-order valence-electron chi connectivity index (χ3n) is 4.35. The highest BCUT2D eigenvalue weighted by atomic mass is 35.5. The Morgan fingerprint density at radius 2 is 2.07 bits per heavy atom. The van der Waals surface area contributed by atoms with Crippen molar-refractivity contribution in [3.63, 3.8) is 0 Å². The molecule has 0 saturated heterocycles. The number of hydrogen-bond donors (Lipinski definition) is 2. The number of nitrogens with one attached hydrogen (secondary N) is 1. The summed E-state index contributed by atoms with van der Waals surface area (Å²) in [4.78, 5) is 24.7. The average molecular weight is 442 g/mol. The fraction of sp³-hybridized carbons (Fsp3) is 0.100. The van der Waals surface area contributed by atoms with Gasteiger partial charge in [0.2, 0.25) is 0 Å². The van der Waals surface area contributed by atoms with Crippen LogP contribution in [0.5, 0.6) is 0 Å². The molecule has 3 heterocycles. The van der Waals surface area contributed by atoms with Gasteiger partial charge in [-0.3, -0.25) is 14.2 Å². The molecule has 152 valence electrons. The van der Waals surface area contributed by atoms with Crippen LogP contribution < -0.4 is 10.9 Å². The second kappa shape index (κ2) is 8.62. The molecule has 1 aromatic carbocycles. The molecule has 0 aliphatic carbocycles. The summed E-state index contributed by atoms with van der Waals surface area (Å²) in [5.41, 5.74) is 2.23. The summed E-state index contributed by atoms with van der Waals surface area (Å²) >= 11 is 7.05. The van der Waals surface area contributed by atoms with Crippen LogP contribution in [0.3, 0.4) is 0 Å². The van der Waals surface area contributed by atoms with E-state index in [1.165, 1.54) is 26.7 Å². The van der Waals surface area contributed by atoms with Crippen LogP contribution in [-0.4, -0.2) is 30.6 Å². The predicted octanol–water partition coefficient (Wildman–Crippen LogP) is 2.56. The maximum atomic E-state index is 12.1. The van der Waals surface area contributed by atoms with E-state index in [2.05, 4.69) is 15.6 Å². The third-order valence-corrected chi connectivity index (χ3v) is 5.58. The van der Waals surface area contributed by atoms with Crippen molar-refractivity contribution in [3.05, 3.63) is 91.7 Å². The molecule has 8 nitrogen and oxygen atoms in total. The number of aromatic nitrogens is 4. The smallest absolute Gasteiger partial charge is 0.261 e. The molecule has 0 atom stereocenters. The first-order valence-electron chi connectivity index (χ1n) is 8.92. The second-order valence-corrected chi connectivity index (χ2v) is 8.04. The van der Waals surface area contributed by atoms with Gasteiger partial charge in [0, 0.05) is 23.5 Å². The molecule has 0 bridgehead atoms.